The monoisotopic (exact) mass is 560 g/mol. The number of benzene rings is 3. The molecule has 0 N–H and O–H groups in total. The molecule has 2 heterocycles. The number of halogens is 6. The second kappa shape index (κ2) is 10.6. The molecule has 5 nitrogen and oxygen atoms in total. The maximum absolute atomic E-state index is 13.6. The number of carbonyl (C=O) groups excluding carboxylic acids is 1. The molecular weight excluding hydrogens is 534 g/mol. The second-order valence-corrected chi connectivity index (χ2v) is 10.1. The molecule has 11 heteroatoms. The molecule has 1 aromatic heterocycles. The molecule has 1 amide bonds. The first kappa shape index (κ1) is 27.7. The molecule has 0 radical (unpaired) electrons. The molecule has 1 saturated heterocycles. The van der Waals surface area contributed by atoms with Gasteiger partial charge < -0.3 is 4.90 Å². The predicted molar refractivity (Wildman–Crippen MR) is 137 cm³/mol. The normalized spacial score (nSPS) is 17.0. The van der Waals surface area contributed by atoms with E-state index in [0.29, 0.717) is 38.2 Å². The highest BCUT2D eigenvalue weighted by Crippen LogP contribution is 2.37. The standard InChI is InChI=1S/C29H26F6N4O/c1-37-16-20(15-36-37)17-38-8-9-39(26(18-38)11-19-6-7-21-4-2-3-5-22(21)10-19)27(40)23-12-24(28(30,31)32)14-25(13-23)29(33,34)35/h2-7,10,12-16,26H,8-9,11,17-18H2,1H3. The number of carbonyl (C=O) groups is 1. The molecule has 0 spiro atoms. The van der Waals surface area contributed by atoms with Crippen LogP contribution in [0.2, 0.25) is 0 Å². The van der Waals surface area contributed by atoms with Crippen LogP contribution >= 0.6 is 0 Å². The molecule has 1 fully saturated rings. The molecule has 1 aliphatic heterocycles. The lowest BCUT2D eigenvalue weighted by Crippen LogP contribution is -2.55. The predicted octanol–water partition coefficient (Wildman–Crippen LogP) is 6.18. The van der Waals surface area contributed by atoms with Crippen LogP contribution in [0.1, 0.15) is 32.6 Å². The highest BCUT2D eigenvalue weighted by molar-refractivity contribution is 5.95. The molecule has 40 heavy (non-hydrogen) atoms. The zero-order valence-electron chi connectivity index (χ0n) is 21.5. The lowest BCUT2D eigenvalue weighted by Gasteiger charge is -2.41. The Bertz CT molecular complexity index is 1490. The third kappa shape index (κ3) is 6.14. The van der Waals surface area contributed by atoms with Crippen LogP contribution in [0.15, 0.2) is 73.1 Å². The van der Waals surface area contributed by atoms with Gasteiger partial charge in [-0.05, 0) is 41.0 Å². The Morgan fingerprint density at radius 3 is 2.17 bits per heavy atom. The van der Waals surface area contributed by atoms with Crippen molar-refractivity contribution in [3.63, 3.8) is 0 Å². The molecular formula is C29H26F6N4O. The number of amides is 1. The zero-order valence-corrected chi connectivity index (χ0v) is 21.5. The van der Waals surface area contributed by atoms with Crippen LogP contribution in [0.3, 0.4) is 0 Å². The van der Waals surface area contributed by atoms with Crippen molar-refractivity contribution in [1.82, 2.24) is 19.6 Å². The fourth-order valence-electron chi connectivity index (χ4n) is 5.20. The molecule has 0 bridgehead atoms. The van der Waals surface area contributed by atoms with E-state index in [9.17, 15) is 31.1 Å². The van der Waals surface area contributed by atoms with Gasteiger partial charge in [0.2, 0.25) is 0 Å². The highest BCUT2D eigenvalue weighted by atomic mass is 19.4. The van der Waals surface area contributed by atoms with Crippen molar-refractivity contribution in [3.8, 4) is 0 Å². The van der Waals surface area contributed by atoms with Gasteiger partial charge in [-0.3, -0.25) is 14.4 Å². The van der Waals surface area contributed by atoms with E-state index in [4.69, 9.17) is 0 Å². The molecule has 1 unspecified atom stereocenters. The third-order valence-electron chi connectivity index (χ3n) is 7.11. The Balaban J connectivity index is 1.47. The summed E-state index contributed by atoms with van der Waals surface area (Å²) < 4.78 is 82.6. The Hall–Kier alpha value is -3.86. The molecule has 1 aliphatic rings. The lowest BCUT2D eigenvalue weighted by atomic mass is 9.97. The van der Waals surface area contributed by atoms with Crippen molar-refractivity contribution >= 4 is 16.7 Å². The summed E-state index contributed by atoms with van der Waals surface area (Å²) in [4.78, 5) is 17.1. The summed E-state index contributed by atoms with van der Waals surface area (Å²) in [5, 5.41) is 6.20. The minimum absolute atomic E-state index is 0.0369. The smallest absolute Gasteiger partial charge is 0.333 e. The molecule has 1 atom stereocenters. The van der Waals surface area contributed by atoms with Crippen molar-refractivity contribution in [3.05, 3.63) is 101 Å². The van der Waals surface area contributed by atoms with E-state index in [1.807, 2.05) is 48.7 Å². The number of alkyl halides is 6. The number of fused-ring (bicyclic) bond motifs is 1. The van der Waals surface area contributed by atoms with Crippen LogP contribution in [0, 0.1) is 0 Å². The van der Waals surface area contributed by atoms with E-state index in [0.717, 1.165) is 21.9 Å². The van der Waals surface area contributed by atoms with E-state index in [2.05, 4.69) is 10.00 Å². The van der Waals surface area contributed by atoms with Gasteiger partial charge in [-0.25, -0.2) is 0 Å². The van der Waals surface area contributed by atoms with Crippen molar-refractivity contribution in [2.45, 2.75) is 31.4 Å². The van der Waals surface area contributed by atoms with Crippen molar-refractivity contribution in [1.29, 1.82) is 0 Å². The van der Waals surface area contributed by atoms with E-state index in [-0.39, 0.29) is 12.6 Å². The van der Waals surface area contributed by atoms with Crippen LogP contribution in [0.4, 0.5) is 26.3 Å². The van der Waals surface area contributed by atoms with Gasteiger partial charge in [0.05, 0.1) is 17.3 Å². The SMILES string of the molecule is Cn1cc(CN2CCN(C(=O)c3cc(C(F)(F)F)cc(C(F)(F)F)c3)C(Cc3ccc4ccccc4c3)C2)cn1. The van der Waals surface area contributed by atoms with Gasteiger partial charge in [0.15, 0.2) is 0 Å². The fraction of sp³-hybridized carbons (Fsp3) is 0.310. The summed E-state index contributed by atoms with van der Waals surface area (Å²) in [6.45, 7) is 1.49. The van der Waals surface area contributed by atoms with Gasteiger partial charge in [-0.15, -0.1) is 0 Å². The fourth-order valence-corrected chi connectivity index (χ4v) is 5.20. The summed E-state index contributed by atoms with van der Waals surface area (Å²) in [5.74, 6) is -0.858. The average molecular weight is 561 g/mol. The number of aromatic nitrogens is 2. The number of piperazine rings is 1. The average Bonchev–Trinajstić information content (AvgIpc) is 3.31. The summed E-state index contributed by atoms with van der Waals surface area (Å²) in [6, 6.07) is 14.2. The van der Waals surface area contributed by atoms with Crippen molar-refractivity contribution in [2.75, 3.05) is 19.6 Å². The second-order valence-electron chi connectivity index (χ2n) is 10.1. The number of hydrogen-bond donors (Lipinski definition) is 0. The van der Waals surface area contributed by atoms with Gasteiger partial charge in [-0.2, -0.15) is 31.4 Å². The number of nitrogens with zero attached hydrogens (tertiary/aromatic N) is 4. The minimum Gasteiger partial charge on any atom is -0.333 e. The first-order valence-electron chi connectivity index (χ1n) is 12.6. The zero-order chi connectivity index (χ0) is 28.7. The summed E-state index contributed by atoms with van der Waals surface area (Å²) >= 11 is 0. The van der Waals surface area contributed by atoms with E-state index in [1.54, 1.807) is 17.9 Å². The largest absolute Gasteiger partial charge is 0.416 e. The van der Waals surface area contributed by atoms with Crippen LogP contribution in [-0.4, -0.2) is 51.2 Å². The molecule has 5 rings (SSSR count). The highest BCUT2D eigenvalue weighted by Gasteiger charge is 2.39. The van der Waals surface area contributed by atoms with Gasteiger partial charge in [-0.1, -0.05) is 42.5 Å². The van der Waals surface area contributed by atoms with Gasteiger partial charge >= 0.3 is 12.4 Å². The van der Waals surface area contributed by atoms with Crippen LogP contribution < -0.4 is 0 Å². The van der Waals surface area contributed by atoms with E-state index in [1.165, 1.54) is 4.90 Å². The van der Waals surface area contributed by atoms with Crippen molar-refractivity contribution < 1.29 is 31.1 Å². The van der Waals surface area contributed by atoms with Crippen LogP contribution in [0.25, 0.3) is 10.8 Å². The summed E-state index contributed by atoms with van der Waals surface area (Å²) in [6.07, 6.45) is -6.09. The van der Waals surface area contributed by atoms with Gasteiger partial charge in [0, 0.05) is 56.6 Å². The quantitative estimate of drug-likeness (QED) is 0.274. The maximum atomic E-state index is 13.6. The summed E-state index contributed by atoms with van der Waals surface area (Å²) in [5.41, 5.74) is -1.78. The van der Waals surface area contributed by atoms with Crippen LogP contribution in [-0.2, 0) is 32.4 Å². The van der Waals surface area contributed by atoms with E-state index >= 15 is 0 Å². The molecule has 210 valence electrons. The Kier molecular flexibility index (Phi) is 7.34. The summed E-state index contributed by atoms with van der Waals surface area (Å²) in [7, 11) is 1.80. The van der Waals surface area contributed by atoms with Gasteiger partial charge in [0.25, 0.3) is 5.91 Å². The molecule has 4 aromatic rings. The number of hydrogen-bond acceptors (Lipinski definition) is 3. The molecule has 0 aliphatic carbocycles. The first-order valence-corrected chi connectivity index (χ1v) is 12.6. The lowest BCUT2D eigenvalue weighted by molar-refractivity contribution is -0.143. The topological polar surface area (TPSA) is 41.4 Å². The maximum Gasteiger partial charge on any atom is 0.416 e. The molecule has 0 saturated carbocycles. The first-order chi connectivity index (χ1) is 18.9. The number of rotatable bonds is 5. The third-order valence-corrected chi connectivity index (χ3v) is 7.11. The Morgan fingerprint density at radius 2 is 1.55 bits per heavy atom. The molecule has 3 aromatic carbocycles. The van der Waals surface area contributed by atoms with Gasteiger partial charge in [0.1, 0.15) is 0 Å². The Labute approximate surface area is 226 Å². The number of aryl methyl sites for hydroxylation is 1. The Morgan fingerprint density at radius 1 is 0.875 bits per heavy atom. The van der Waals surface area contributed by atoms with Crippen molar-refractivity contribution in [2.24, 2.45) is 7.05 Å². The van der Waals surface area contributed by atoms with Crippen LogP contribution in [0.5, 0.6) is 0 Å². The minimum atomic E-state index is -5.04. The van der Waals surface area contributed by atoms with E-state index < -0.39 is 41.0 Å².